The van der Waals surface area contributed by atoms with Gasteiger partial charge in [-0.25, -0.2) is 0 Å². The standard InChI is InChI=1S/C37H40F6N4O3/c1-24-9-10-27(17-25(24)2)18-32-22-45(15-16-47(32)34(50)28-19-30(36(38,39)40)21-31(20-28)37(41,42)43)23-33(49)46-13-11-35(12-14-46,44-26(3)48)29-7-5-4-6-8-29/h4-10,17,19-21,32H,11-16,18,22-23H2,1-3H3,(H,44,48)/t32-/m1/s1. The number of hydrogen-bond donors (Lipinski definition) is 1. The van der Waals surface area contributed by atoms with Crippen molar-refractivity contribution >= 4 is 17.7 Å². The Labute approximate surface area is 287 Å². The molecule has 50 heavy (non-hydrogen) atoms. The number of aryl methyl sites for hydroxylation is 2. The number of piperazine rings is 1. The number of benzene rings is 3. The maximum atomic E-state index is 13.8. The molecule has 0 radical (unpaired) electrons. The summed E-state index contributed by atoms with van der Waals surface area (Å²) in [5.41, 5.74) is -0.581. The van der Waals surface area contributed by atoms with Gasteiger partial charge in [0.2, 0.25) is 11.8 Å². The van der Waals surface area contributed by atoms with E-state index in [1.807, 2.05) is 67.3 Å². The molecule has 2 aliphatic heterocycles. The van der Waals surface area contributed by atoms with Gasteiger partial charge in [-0.1, -0.05) is 48.5 Å². The van der Waals surface area contributed by atoms with Crippen molar-refractivity contribution in [3.63, 3.8) is 0 Å². The average Bonchev–Trinajstić information content (AvgIpc) is 3.05. The summed E-state index contributed by atoms with van der Waals surface area (Å²) in [6.45, 7) is 6.52. The van der Waals surface area contributed by atoms with E-state index < -0.39 is 46.5 Å². The molecule has 0 aliphatic carbocycles. The Hall–Kier alpha value is -4.39. The van der Waals surface area contributed by atoms with E-state index in [9.17, 15) is 40.7 Å². The van der Waals surface area contributed by atoms with Crippen LogP contribution in [0, 0.1) is 13.8 Å². The fourth-order valence-corrected chi connectivity index (χ4v) is 6.96. The van der Waals surface area contributed by atoms with Gasteiger partial charge in [-0.2, -0.15) is 26.3 Å². The van der Waals surface area contributed by atoms with Crippen LogP contribution in [0.4, 0.5) is 26.3 Å². The molecule has 268 valence electrons. The van der Waals surface area contributed by atoms with Crippen LogP contribution in [0.25, 0.3) is 0 Å². The van der Waals surface area contributed by atoms with Crippen molar-refractivity contribution in [2.45, 2.75) is 64.0 Å². The van der Waals surface area contributed by atoms with Gasteiger partial charge in [0.15, 0.2) is 0 Å². The predicted molar refractivity (Wildman–Crippen MR) is 175 cm³/mol. The molecular formula is C37H40F6N4O3. The first-order chi connectivity index (χ1) is 23.4. The number of carbonyl (C=O) groups excluding carboxylic acids is 3. The highest BCUT2D eigenvalue weighted by molar-refractivity contribution is 5.95. The summed E-state index contributed by atoms with van der Waals surface area (Å²) in [4.78, 5) is 44.4. The van der Waals surface area contributed by atoms with Gasteiger partial charge in [0.1, 0.15) is 0 Å². The van der Waals surface area contributed by atoms with E-state index in [0.717, 1.165) is 22.3 Å². The van der Waals surface area contributed by atoms with E-state index in [-0.39, 0.29) is 50.5 Å². The maximum absolute atomic E-state index is 13.8. The summed E-state index contributed by atoms with van der Waals surface area (Å²) >= 11 is 0. The van der Waals surface area contributed by atoms with Crippen LogP contribution in [0.3, 0.4) is 0 Å². The van der Waals surface area contributed by atoms with E-state index in [1.54, 1.807) is 4.90 Å². The molecule has 0 aromatic heterocycles. The third-order valence-electron chi connectivity index (χ3n) is 9.78. The molecule has 3 aromatic rings. The molecule has 0 spiro atoms. The van der Waals surface area contributed by atoms with Crippen LogP contribution in [0.2, 0.25) is 0 Å². The summed E-state index contributed by atoms with van der Waals surface area (Å²) in [6.07, 6.45) is -8.88. The number of amides is 3. The molecule has 0 bridgehead atoms. The highest BCUT2D eigenvalue weighted by Gasteiger charge is 2.41. The Bertz CT molecular complexity index is 1690. The molecule has 3 amide bonds. The number of nitrogens with one attached hydrogen (secondary N) is 1. The van der Waals surface area contributed by atoms with E-state index in [1.165, 1.54) is 11.8 Å². The molecule has 2 aliphatic rings. The summed E-state index contributed by atoms with van der Waals surface area (Å²) < 4.78 is 81.8. The zero-order chi connectivity index (χ0) is 36.4. The van der Waals surface area contributed by atoms with Crippen molar-refractivity contribution in [3.05, 3.63) is 106 Å². The lowest BCUT2D eigenvalue weighted by molar-refractivity contribution is -0.143. The van der Waals surface area contributed by atoms with E-state index in [4.69, 9.17) is 0 Å². The van der Waals surface area contributed by atoms with Gasteiger partial charge in [0.05, 0.1) is 23.2 Å². The molecule has 13 heteroatoms. The van der Waals surface area contributed by atoms with E-state index >= 15 is 0 Å². The van der Waals surface area contributed by atoms with Crippen LogP contribution in [0.1, 0.15) is 63.5 Å². The predicted octanol–water partition coefficient (Wildman–Crippen LogP) is 6.36. The van der Waals surface area contributed by atoms with Gasteiger partial charge in [-0.3, -0.25) is 19.3 Å². The molecule has 3 aromatic carbocycles. The maximum Gasteiger partial charge on any atom is 0.416 e. The Balaban J connectivity index is 1.35. The lowest BCUT2D eigenvalue weighted by Gasteiger charge is -2.44. The topological polar surface area (TPSA) is 73.0 Å². The summed E-state index contributed by atoms with van der Waals surface area (Å²) in [7, 11) is 0. The molecule has 1 atom stereocenters. The summed E-state index contributed by atoms with van der Waals surface area (Å²) in [6, 6.07) is 15.6. The lowest BCUT2D eigenvalue weighted by Crippen LogP contribution is -2.58. The number of likely N-dealkylation sites (tertiary alicyclic amines) is 1. The van der Waals surface area contributed by atoms with Crippen molar-refractivity contribution in [2.75, 3.05) is 39.3 Å². The molecule has 7 nitrogen and oxygen atoms in total. The van der Waals surface area contributed by atoms with Gasteiger partial charge in [0.25, 0.3) is 5.91 Å². The van der Waals surface area contributed by atoms with Gasteiger partial charge >= 0.3 is 12.4 Å². The monoisotopic (exact) mass is 702 g/mol. The second kappa shape index (κ2) is 14.5. The smallest absolute Gasteiger partial charge is 0.347 e. The average molecular weight is 703 g/mol. The summed E-state index contributed by atoms with van der Waals surface area (Å²) in [5.74, 6) is -1.25. The minimum absolute atomic E-state index is 0.00112. The largest absolute Gasteiger partial charge is 0.416 e. The Kier molecular flexibility index (Phi) is 10.7. The molecule has 0 saturated carbocycles. The molecule has 0 unspecified atom stereocenters. The third kappa shape index (κ3) is 8.48. The minimum Gasteiger partial charge on any atom is -0.347 e. The van der Waals surface area contributed by atoms with Gasteiger partial charge in [0, 0.05) is 51.3 Å². The second-order valence-corrected chi connectivity index (χ2v) is 13.3. The lowest BCUT2D eigenvalue weighted by atomic mass is 9.80. The molecule has 2 fully saturated rings. The van der Waals surface area contributed by atoms with Gasteiger partial charge in [-0.05, 0) is 73.6 Å². The van der Waals surface area contributed by atoms with Crippen LogP contribution in [-0.4, -0.2) is 77.7 Å². The van der Waals surface area contributed by atoms with Crippen molar-refractivity contribution in [2.24, 2.45) is 0 Å². The zero-order valence-electron chi connectivity index (χ0n) is 28.1. The Morgan fingerprint density at radius 2 is 1.42 bits per heavy atom. The molecule has 2 saturated heterocycles. The first-order valence-corrected chi connectivity index (χ1v) is 16.5. The molecular weight excluding hydrogens is 662 g/mol. The highest BCUT2D eigenvalue weighted by Crippen LogP contribution is 2.37. The van der Waals surface area contributed by atoms with Gasteiger partial charge < -0.3 is 15.1 Å². The number of piperidine rings is 1. The Morgan fingerprint density at radius 3 is 1.98 bits per heavy atom. The number of hydrogen-bond acceptors (Lipinski definition) is 4. The summed E-state index contributed by atoms with van der Waals surface area (Å²) in [5, 5.41) is 3.09. The SMILES string of the molecule is CC(=O)NC1(c2ccccc2)CCN(C(=O)CN2CCN(C(=O)c3cc(C(F)(F)F)cc(C(F)(F)F)c3)[C@H](Cc3ccc(C)c(C)c3)C2)CC1. The van der Waals surface area contributed by atoms with Crippen molar-refractivity contribution in [3.8, 4) is 0 Å². The number of halogens is 6. The first kappa shape index (κ1) is 36.9. The zero-order valence-corrected chi connectivity index (χ0v) is 28.1. The fraction of sp³-hybridized carbons (Fsp3) is 0.432. The van der Waals surface area contributed by atoms with E-state index in [2.05, 4.69) is 5.32 Å². The van der Waals surface area contributed by atoms with Crippen LogP contribution in [-0.2, 0) is 33.9 Å². The minimum atomic E-state index is -5.09. The normalized spacial score (nSPS) is 18.5. The quantitative estimate of drug-likeness (QED) is 0.291. The molecule has 5 rings (SSSR count). The van der Waals surface area contributed by atoms with Crippen LogP contribution in [0.15, 0.2) is 66.7 Å². The van der Waals surface area contributed by atoms with Crippen molar-refractivity contribution < 1.29 is 40.7 Å². The molecule has 2 heterocycles. The number of nitrogens with zero attached hydrogens (tertiary/aromatic N) is 3. The molecule has 1 N–H and O–H groups in total. The first-order valence-electron chi connectivity index (χ1n) is 16.5. The van der Waals surface area contributed by atoms with Crippen molar-refractivity contribution in [1.29, 1.82) is 0 Å². The Morgan fingerprint density at radius 1 is 0.800 bits per heavy atom. The number of carbonyl (C=O) groups is 3. The van der Waals surface area contributed by atoms with Crippen molar-refractivity contribution in [1.82, 2.24) is 20.0 Å². The van der Waals surface area contributed by atoms with Crippen LogP contribution in [0.5, 0.6) is 0 Å². The fourth-order valence-electron chi connectivity index (χ4n) is 6.96. The van der Waals surface area contributed by atoms with Crippen LogP contribution < -0.4 is 5.32 Å². The van der Waals surface area contributed by atoms with Crippen LogP contribution >= 0.6 is 0 Å². The van der Waals surface area contributed by atoms with Gasteiger partial charge in [-0.15, -0.1) is 0 Å². The number of alkyl halides is 6. The third-order valence-corrected chi connectivity index (χ3v) is 9.78. The number of rotatable bonds is 7. The second-order valence-electron chi connectivity index (χ2n) is 13.3. The highest BCUT2D eigenvalue weighted by atomic mass is 19.4. The van der Waals surface area contributed by atoms with E-state index in [0.29, 0.717) is 38.1 Å².